The molecule has 5 nitrogen and oxygen atoms in total. The maximum absolute atomic E-state index is 11.3. The van der Waals surface area contributed by atoms with E-state index in [0.29, 0.717) is 12.2 Å². The summed E-state index contributed by atoms with van der Waals surface area (Å²) in [5.74, 6) is -0.494. The number of hydrogen-bond donors (Lipinski definition) is 1. The Kier molecular flexibility index (Phi) is 5.81. The second-order valence-corrected chi connectivity index (χ2v) is 7.61. The molecule has 7 heteroatoms. The van der Waals surface area contributed by atoms with Gasteiger partial charge < -0.3 is 9.84 Å². The van der Waals surface area contributed by atoms with Gasteiger partial charge in [0.05, 0.1) is 12.4 Å². The van der Waals surface area contributed by atoms with E-state index in [1.165, 1.54) is 11.3 Å². The average molecular weight is 306 g/mol. The Morgan fingerprint density at radius 1 is 1.42 bits per heavy atom. The van der Waals surface area contributed by atoms with Gasteiger partial charge in [-0.15, -0.1) is 11.3 Å². The van der Waals surface area contributed by atoms with E-state index in [0.717, 1.165) is 11.3 Å². The Labute approximate surface area is 117 Å². The third-order valence-electron chi connectivity index (χ3n) is 2.59. The summed E-state index contributed by atoms with van der Waals surface area (Å²) in [4.78, 5) is 12.1. The second-order valence-electron chi connectivity index (χ2n) is 4.00. The number of rotatable bonds is 8. The highest BCUT2D eigenvalue weighted by Gasteiger charge is 2.16. The minimum atomic E-state index is -2.99. The van der Waals surface area contributed by atoms with E-state index in [1.54, 1.807) is 13.0 Å². The SMILES string of the molecule is CCc1cc(OCCCS(=O)(=O)CC)c(C(=O)O)s1. The van der Waals surface area contributed by atoms with Gasteiger partial charge in [-0.05, 0) is 18.9 Å². The van der Waals surface area contributed by atoms with Gasteiger partial charge in [0.2, 0.25) is 0 Å². The first-order valence-corrected chi connectivity index (χ1v) is 8.72. The zero-order chi connectivity index (χ0) is 14.5. The molecule has 1 rings (SSSR count). The van der Waals surface area contributed by atoms with E-state index in [2.05, 4.69) is 0 Å². The normalized spacial score (nSPS) is 11.5. The van der Waals surface area contributed by atoms with Crippen LogP contribution in [0, 0.1) is 0 Å². The molecule has 0 aliphatic rings. The van der Waals surface area contributed by atoms with Crippen molar-refractivity contribution in [3.8, 4) is 5.75 Å². The van der Waals surface area contributed by atoms with E-state index in [9.17, 15) is 13.2 Å². The summed E-state index contributed by atoms with van der Waals surface area (Å²) in [7, 11) is -2.99. The number of carboxylic acids is 1. The van der Waals surface area contributed by atoms with Crippen LogP contribution in [0.4, 0.5) is 0 Å². The quantitative estimate of drug-likeness (QED) is 0.745. The van der Waals surface area contributed by atoms with Crippen LogP contribution in [0.2, 0.25) is 0 Å². The fraction of sp³-hybridized carbons (Fsp3) is 0.583. The molecule has 0 bridgehead atoms. The summed E-state index contributed by atoms with van der Waals surface area (Å²) >= 11 is 1.19. The van der Waals surface area contributed by atoms with E-state index >= 15 is 0 Å². The molecule has 0 aromatic carbocycles. The lowest BCUT2D eigenvalue weighted by molar-refractivity contribution is 0.0698. The highest BCUT2D eigenvalue weighted by atomic mass is 32.2. The lowest BCUT2D eigenvalue weighted by atomic mass is 10.3. The molecule has 0 spiro atoms. The summed E-state index contributed by atoms with van der Waals surface area (Å²) in [6.07, 6.45) is 1.12. The predicted molar refractivity (Wildman–Crippen MR) is 75.1 cm³/mol. The molecule has 1 heterocycles. The van der Waals surface area contributed by atoms with Crippen LogP contribution >= 0.6 is 11.3 Å². The number of carbonyl (C=O) groups is 1. The Hall–Kier alpha value is -1.08. The van der Waals surface area contributed by atoms with Crippen molar-refractivity contribution in [2.24, 2.45) is 0 Å². The van der Waals surface area contributed by atoms with Gasteiger partial charge in [0, 0.05) is 10.6 Å². The average Bonchev–Trinajstić information content (AvgIpc) is 2.78. The number of thiophene rings is 1. The van der Waals surface area contributed by atoms with Crippen molar-refractivity contribution in [1.29, 1.82) is 0 Å². The Bertz CT molecular complexity index is 530. The molecule has 0 atom stereocenters. The number of sulfone groups is 1. The molecule has 1 aromatic heterocycles. The molecule has 0 amide bonds. The van der Waals surface area contributed by atoms with Gasteiger partial charge >= 0.3 is 5.97 Å². The van der Waals surface area contributed by atoms with Crippen molar-refractivity contribution in [2.75, 3.05) is 18.1 Å². The summed E-state index contributed by atoms with van der Waals surface area (Å²) in [5.41, 5.74) is 0. The summed E-state index contributed by atoms with van der Waals surface area (Å²) in [5, 5.41) is 9.03. The van der Waals surface area contributed by atoms with Crippen LogP contribution in [-0.2, 0) is 16.3 Å². The maximum atomic E-state index is 11.3. The number of carboxylic acid groups (broad SMARTS) is 1. The van der Waals surface area contributed by atoms with Crippen LogP contribution in [0.25, 0.3) is 0 Å². The highest BCUT2D eigenvalue weighted by molar-refractivity contribution is 7.91. The first-order valence-electron chi connectivity index (χ1n) is 6.08. The lowest BCUT2D eigenvalue weighted by Gasteiger charge is -2.05. The zero-order valence-corrected chi connectivity index (χ0v) is 12.6. The van der Waals surface area contributed by atoms with Gasteiger partial charge in [0.15, 0.2) is 4.88 Å². The van der Waals surface area contributed by atoms with Gasteiger partial charge in [-0.3, -0.25) is 0 Å². The maximum Gasteiger partial charge on any atom is 0.349 e. The van der Waals surface area contributed by atoms with Crippen LogP contribution in [0.3, 0.4) is 0 Å². The molecule has 0 radical (unpaired) electrons. The molecule has 0 fully saturated rings. The number of ether oxygens (including phenoxy) is 1. The fourth-order valence-corrected chi connectivity index (χ4v) is 3.18. The van der Waals surface area contributed by atoms with Crippen molar-refractivity contribution < 1.29 is 23.1 Å². The number of aromatic carboxylic acids is 1. The molecular weight excluding hydrogens is 288 g/mol. The molecular formula is C12H18O5S2. The monoisotopic (exact) mass is 306 g/mol. The number of aryl methyl sites for hydroxylation is 1. The molecule has 0 saturated carbocycles. The predicted octanol–water partition coefficient (Wildman–Crippen LogP) is 2.21. The Morgan fingerprint density at radius 3 is 2.63 bits per heavy atom. The fourth-order valence-electron chi connectivity index (χ4n) is 1.46. The van der Waals surface area contributed by atoms with Crippen molar-refractivity contribution in [3.05, 3.63) is 15.8 Å². The van der Waals surface area contributed by atoms with Crippen LogP contribution in [0.15, 0.2) is 6.07 Å². The Morgan fingerprint density at radius 2 is 2.11 bits per heavy atom. The van der Waals surface area contributed by atoms with Crippen molar-refractivity contribution in [3.63, 3.8) is 0 Å². The topological polar surface area (TPSA) is 80.7 Å². The van der Waals surface area contributed by atoms with Crippen molar-refractivity contribution >= 4 is 27.1 Å². The van der Waals surface area contributed by atoms with Gasteiger partial charge in [-0.1, -0.05) is 13.8 Å². The minimum absolute atomic E-state index is 0.0661. The minimum Gasteiger partial charge on any atom is -0.492 e. The molecule has 0 aliphatic heterocycles. The summed E-state index contributed by atoms with van der Waals surface area (Å²) in [6.45, 7) is 3.75. The number of hydrogen-bond acceptors (Lipinski definition) is 5. The first kappa shape index (κ1) is 16.0. The lowest BCUT2D eigenvalue weighted by Crippen LogP contribution is -2.12. The van der Waals surface area contributed by atoms with Gasteiger partial charge in [-0.2, -0.15) is 0 Å². The van der Waals surface area contributed by atoms with Crippen LogP contribution in [0.5, 0.6) is 5.75 Å². The van der Waals surface area contributed by atoms with Crippen molar-refractivity contribution in [1.82, 2.24) is 0 Å². The molecule has 0 saturated heterocycles. The summed E-state index contributed by atoms with van der Waals surface area (Å²) < 4.78 is 28.0. The van der Waals surface area contributed by atoms with Gasteiger partial charge in [0.25, 0.3) is 0 Å². The third kappa shape index (κ3) is 4.83. The second kappa shape index (κ2) is 6.91. The van der Waals surface area contributed by atoms with E-state index < -0.39 is 15.8 Å². The third-order valence-corrected chi connectivity index (χ3v) is 5.63. The molecule has 1 aromatic rings. The van der Waals surface area contributed by atoms with Crippen LogP contribution in [0.1, 0.15) is 34.8 Å². The molecule has 108 valence electrons. The van der Waals surface area contributed by atoms with E-state index in [4.69, 9.17) is 9.84 Å². The van der Waals surface area contributed by atoms with E-state index in [-0.39, 0.29) is 23.0 Å². The highest BCUT2D eigenvalue weighted by Crippen LogP contribution is 2.29. The summed E-state index contributed by atoms with van der Waals surface area (Å²) in [6, 6.07) is 1.71. The zero-order valence-electron chi connectivity index (χ0n) is 11.0. The smallest absolute Gasteiger partial charge is 0.349 e. The van der Waals surface area contributed by atoms with Gasteiger partial charge in [-0.25, -0.2) is 13.2 Å². The van der Waals surface area contributed by atoms with Gasteiger partial charge in [0.1, 0.15) is 15.6 Å². The van der Waals surface area contributed by atoms with Crippen LogP contribution in [-0.4, -0.2) is 37.6 Å². The molecule has 0 aliphatic carbocycles. The molecule has 1 N–H and O–H groups in total. The van der Waals surface area contributed by atoms with Crippen LogP contribution < -0.4 is 4.74 Å². The van der Waals surface area contributed by atoms with Crippen molar-refractivity contribution in [2.45, 2.75) is 26.7 Å². The molecule has 0 unspecified atom stereocenters. The first-order chi connectivity index (χ1) is 8.89. The molecule has 19 heavy (non-hydrogen) atoms. The Balaban J connectivity index is 2.58. The van der Waals surface area contributed by atoms with E-state index in [1.807, 2.05) is 6.92 Å². The largest absolute Gasteiger partial charge is 0.492 e. The standard InChI is InChI=1S/C12H18O5S2/c1-3-9-8-10(11(18-9)12(13)14)17-6-5-7-19(15,16)4-2/h8H,3-7H2,1-2H3,(H,13,14).